The molecule has 1 aliphatic carbocycles. The van der Waals surface area contributed by atoms with E-state index < -0.39 is 11.6 Å². The van der Waals surface area contributed by atoms with Crippen molar-refractivity contribution in [2.45, 2.75) is 43.7 Å². The fourth-order valence-corrected chi connectivity index (χ4v) is 6.76. The SMILES string of the molecule is CN1C(=O)N(N)C(=O)[C@]12Cc1cc3ccc(CN4CC5(C)CC(=O)Nc6cccc4c65)nc3cc1C2. The van der Waals surface area contributed by atoms with Crippen LogP contribution in [0.1, 0.15) is 35.7 Å². The molecule has 4 amide bonds. The Morgan fingerprint density at radius 2 is 1.83 bits per heavy atom. The van der Waals surface area contributed by atoms with E-state index in [1.54, 1.807) is 7.05 Å². The topological polar surface area (TPSA) is 112 Å². The van der Waals surface area contributed by atoms with E-state index in [1.165, 1.54) is 10.5 Å². The van der Waals surface area contributed by atoms with E-state index in [0.29, 0.717) is 25.8 Å². The quantitative estimate of drug-likeness (QED) is 0.330. The lowest BCUT2D eigenvalue weighted by molar-refractivity contribution is -0.132. The first kappa shape index (κ1) is 21.3. The van der Waals surface area contributed by atoms with Gasteiger partial charge in [0.25, 0.3) is 5.91 Å². The number of carbonyl (C=O) groups excluding carboxylic acids is 3. The zero-order valence-corrected chi connectivity index (χ0v) is 20.2. The fourth-order valence-electron chi connectivity index (χ4n) is 6.76. The highest BCUT2D eigenvalue weighted by Gasteiger charge is 2.57. The maximum atomic E-state index is 12.9. The van der Waals surface area contributed by atoms with Crippen molar-refractivity contribution in [2.24, 2.45) is 5.84 Å². The van der Waals surface area contributed by atoms with Gasteiger partial charge in [-0.2, -0.15) is 5.01 Å². The highest BCUT2D eigenvalue weighted by atomic mass is 16.2. The molecule has 0 saturated carbocycles. The molecule has 9 heteroatoms. The Kier molecular flexibility index (Phi) is 4.04. The molecule has 36 heavy (non-hydrogen) atoms. The van der Waals surface area contributed by atoms with Crippen LogP contribution in [-0.4, -0.2) is 51.9 Å². The van der Waals surface area contributed by atoms with Crippen molar-refractivity contribution in [3.05, 3.63) is 64.8 Å². The summed E-state index contributed by atoms with van der Waals surface area (Å²) in [6.45, 7) is 3.56. The molecular formula is C27H26N6O3. The summed E-state index contributed by atoms with van der Waals surface area (Å²) in [4.78, 5) is 46.3. The van der Waals surface area contributed by atoms with Crippen molar-refractivity contribution in [1.29, 1.82) is 0 Å². The van der Waals surface area contributed by atoms with Crippen LogP contribution in [0.3, 0.4) is 0 Å². The van der Waals surface area contributed by atoms with Crippen molar-refractivity contribution in [3.63, 3.8) is 0 Å². The number of nitrogens with two attached hydrogens (primary N) is 1. The van der Waals surface area contributed by atoms with Gasteiger partial charge in [0.15, 0.2) is 0 Å². The molecule has 182 valence electrons. The Hall–Kier alpha value is -3.98. The van der Waals surface area contributed by atoms with Crippen LogP contribution < -0.4 is 16.1 Å². The Morgan fingerprint density at radius 1 is 1.06 bits per heavy atom. The van der Waals surface area contributed by atoms with E-state index in [2.05, 4.69) is 35.3 Å². The van der Waals surface area contributed by atoms with Crippen LogP contribution in [-0.2, 0) is 34.4 Å². The summed E-state index contributed by atoms with van der Waals surface area (Å²) in [6.07, 6.45) is 1.36. The van der Waals surface area contributed by atoms with Gasteiger partial charge in [-0.25, -0.2) is 10.6 Å². The van der Waals surface area contributed by atoms with E-state index in [9.17, 15) is 14.4 Å². The number of carbonyl (C=O) groups is 3. The number of rotatable bonds is 2. The third-order valence-electron chi connectivity index (χ3n) is 8.49. The number of fused-ring (bicyclic) bond motifs is 2. The summed E-state index contributed by atoms with van der Waals surface area (Å²) in [5.41, 5.74) is 5.97. The van der Waals surface area contributed by atoms with Crippen molar-refractivity contribution in [3.8, 4) is 0 Å². The summed E-state index contributed by atoms with van der Waals surface area (Å²) in [5, 5.41) is 4.75. The first-order chi connectivity index (χ1) is 17.2. The van der Waals surface area contributed by atoms with Crippen molar-refractivity contribution >= 4 is 40.1 Å². The molecule has 0 radical (unpaired) electrons. The third-order valence-corrected chi connectivity index (χ3v) is 8.49. The number of hydrogen-bond donors (Lipinski definition) is 2. The Balaban J connectivity index is 1.21. The fraction of sp³-hybridized carbons (Fsp3) is 0.333. The van der Waals surface area contributed by atoms with Gasteiger partial charge < -0.3 is 15.1 Å². The van der Waals surface area contributed by atoms with Gasteiger partial charge in [-0.3, -0.25) is 14.6 Å². The molecule has 2 atom stereocenters. The van der Waals surface area contributed by atoms with Gasteiger partial charge >= 0.3 is 6.03 Å². The second kappa shape index (κ2) is 6.82. The Morgan fingerprint density at radius 3 is 2.58 bits per heavy atom. The summed E-state index contributed by atoms with van der Waals surface area (Å²) >= 11 is 0. The van der Waals surface area contributed by atoms with Gasteiger partial charge in [0, 0.05) is 60.6 Å². The summed E-state index contributed by atoms with van der Waals surface area (Å²) in [7, 11) is 1.64. The average Bonchev–Trinajstić information content (AvgIpc) is 3.40. The number of amides is 4. The number of hydrogen-bond acceptors (Lipinski definition) is 6. The van der Waals surface area contributed by atoms with E-state index >= 15 is 0 Å². The molecule has 3 aliphatic heterocycles. The van der Waals surface area contributed by atoms with Crippen LogP contribution >= 0.6 is 0 Å². The number of anilines is 2. The Labute approximate surface area is 207 Å². The second-order valence-corrected chi connectivity index (χ2v) is 10.9. The first-order valence-corrected chi connectivity index (χ1v) is 12.2. The van der Waals surface area contributed by atoms with Crippen molar-refractivity contribution < 1.29 is 14.4 Å². The first-order valence-electron chi connectivity index (χ1n) is 12.2. The van der Waals surface area contributed by atoms with Gasteiger partial charge in [-0.05, 0) is 41.5 Å². The lowest BCUT2D eigenvalue weighted by atomic mass is 9.78. The number of aromatic nitrogens is 1. The molecular weight excluding hydrogens is 456 g/mol. The molecule has 1 fully saturated rings. The number of nitrogens with zero attached hydrogens (tertiary/aromatic N) is 4. The van der Waals surface area contributed by atoms with E-state index in [1.807, 2.05) is 24.3 Å². The molecule has 3 N–H and O–H groups in total. The molecule has 1 unspecified atom stereocenters. The lowest BCUT2D eigenvalue weighted by Gasteiger charge is -2.30. The maximum absolute atomic E-state index is 12.9. The highest BCUT2D eigenvalue weighted by Crippen LogP contribution is 2.49. The number of hydrazine groups is 1. The minimum absolute atomic E-state index is 0.0605. The highest BCUT2D eigenvalue weighted by molar-refractivity contribution is 6.07. The van der Waals surface area contributed by atoms with Gasteiger partial charge in [0.2, 0.25) is 5.91 Å². The normalized spacial score (nSPS) is 26.3. The molecule has 7 rings (SSSR count). The number of pyridine rings is 1. The number of nitrogens with one attached hydrogen (secondary N) is 1. The van der Waals surface area contributed by atoms with E-state index in [-0.39, 0.29) is 17.2 Å². The summed E-state index contributed by atoms with van der Waals surface area (Å²) in [5.74, 6) is 5.44. The van der Waals surface area contributed by atoms with Crippen LogP contribution in [0.25, 0.3) is 10.9 Å². The maximum Gasteiger partial charge on any atom is 0.342 e. The van der Waals surface area contributed by atoms with Crippen LogP contribution in [0.4, 0.5) is 16.2 Å². The second-order valence-electron chi connectivity index (χ2n) is 10.9. The number of urea groups is 1. The molecule has 1 saturated heterocycles. The molecule has 1 spiro atoms. The van der Waals surface area contributed by atoms with Crippen LogP contribution in [0, 0.1) is 0 Å². The zero-order valence-electron chi connectivity index (χ0n) is 20.2. The molecule has 1 aromatic heterocycles. The Bertz CT molecular complexity index is 1540. The average molecular weight is 483 g/mol. The van der Waals surface area contributed by atoms with Crippen LogP contribution in [0.5, 0.6) is 0 Å². The number of imide groups is 1. The molecule has 4 aliphatic rings. The minimum atomic E-state index is -0.951. The zero-order chi connectivity index (χ0) is 25.0. The van der Waals surface area contributed by atoms with Gasteiger partial charge in [0.1, 0.15) is 5.54 Å². The summed E-state index contributed by atoms with van der Waals surface area (Å²) in [6, 6.07) is 13.8. The van der Waals surface area contributed by atoms with E-state index in [0.717, 1.165) is 50.7 Å². The standard InChI is InChI=1S/C27H26N6O3/c1-26-12-22(34)30-19-4-3-5-21(23(19)26)32(14-26)13-18-7-6-15-8-16-10-27(11-17(16)9-20(15)29-18)24(35)33(28)25(36)31(27)2/h3-9H,10-14,28H2,1-2H3,(H,30,34)/t26?,27-/m1/s1. The molecule has 2 aromatic carbocycles. The predicted octanol–water partition coefficient (Wildman–Crippen LogP) is 2.46. The largest absolute Gasteiger partial charge is 0.364 e. The predicted molar refractivity (Wildman–Crippen MR) is 134 cm³/mol. The van der Waals surface area contributed by atoms with Crippen LogP contribution in [0.15, 0.2) is 42.5 Å². The molecule has 3 aromatic rings. The van der Waals surface area contributed by atoms with Gasteiger partial charge in [-0.1, -0.05) is 19.1 Å². The molecule has 9 nitrogen and oxygen atoms in total. The smallest absolute Gasteiger partial charge is 0.342 e. The van der Waals surface area contributed by atoms with E-state index in [4.69, 9.17) is 10.8 Å². The third kappa shape index (κ3) is 2.69. The van der Waals surface area contributed by atoms with Gasteiger partial charge in [0.05, 0.1) is 17.8 Å². The lowest BCUT2D eigenvalue weighted by Crippen LogP contribution is -2.49. The van der Waals surface area contributed by atoms with Crippen LogP contribution in [0.2, 0.25) is 0 Å². The minimum Gasteiger partial charge on any atom is -0.364 e. The van der Waals surface area contributed by atoms with Crippen molar-refractivity contribution in [1.82, 2.24) is 14.9 Å². The number of likely N-dealkylation sites (N-methyl/N-ethyl adjacent to an activating group) is 1. The summed E-state index contributed by atoms with van der Waals surface area (Å²) < 4.78 is 0. The molecule has 0 bridgehead atoms. The van der Waals surface area contributed by atoms with Gasteiger partial charge in [-0.15, -0.1) is 0 Å². The van der Waals surface area contributed by atoms with Crippen molar-refractivity contribution in [2.75, 3.05) is 23.8 Å². The monoisotopic (exact) mass is 482 g/mol. The molecule has 4 heterocycles. The number of benzene rings is 2.